The van der Waals surface area contributed by atoms with Crippen molar-refractivity contribution < 1.29 is 24.8 Å². The summed E-state index contributed by atoms with van der Waals surface area (Å²) >= 11 is 0. The lowest BCUT2D eigenvalue weighted by molar-refractivity contribution is -0.0938. The van der Waals surface area contributed by atoms with Gasteiger partial charge in [-0.3, -0.25) is 0 Å². The van der Waals surface area contributed by atoms with E-state index < -0.39 is 24.4 Å². The lowest BCUT2D eigenvalue weighted by atomic mass is 10.1. The van der Waals surface area contributed by atoms with E-state index in [0.717, 1.165) is 19.3 Å². The van der Waals surface area contributed by atoms with Gasteiger partial charge < -0.3 is 24.8 Å². The molecule has 0 amide bonds. The Balaban J connectivity index is 1.84. The quantitative estimate of drug-likeness (QED) is 0.166. The molecule has 1 aliphatic heterocycles. The number of hydrogen-bond acceptors (Lipinski definition) is 5. The fourth-order valence-electron chi connectivity index (χ4n) is 4.18. The molecule has 0 spiro atoms. The van der Waals surface area contributed by atoms with E-state index in [0.29, 0.717) is 6.61 Å². The second kappa shape index (κ2) is 20.2. The van der Waals surface area contributed by atoms with Gasteiger partial charge in [-0.05, 0) is 32.1 Å². The van der Waals surface area contributed by atoms with Crippen molar-refractivity contribution in [2.24, 2.45) is 0 Å². The van der Waals surface area contributed by atoms with Gasteiger partial charge in [-0.15, -0.1) is 0 Å². The van der Waals surface area contributed by atoms with Crippen LogP contribution in [-0.4, -0.2) is 59.6 Å². The van der Waals surface area contributed by atoms with Gasteiger partial charge in [0.1, 0.15) is 24.4 Å². The summed E-state index contributed by atoms with van der Waals surface area (Å²) in [6.07, 6.45) is 22.5. The zero-order chi connectivity index (χ0) is 22.6. The predicted octanol–water partition coefficient (Wildman–Crippen LogP) is 5.30. The number of rotatable bonds is 21. The van der Waals surface area contributed by atoms with E-state index in [1.54, 1.807) is 0 Å². The summed E-state index contributed by atoms with van der Waals surface area (Å²) in [4.78, 5) is 0. The monoisotopic (exact) mass is 442 g/mol. The van der Waals surface area contributed by atoms with Gasteiger partial charge >= 0.3 is 0 Å². The number of hydrogen-bond donors (Lipinski definition) is 3. The van der Waals surface area contributed by atoms with Crippen LogP contribution in [0.4, 0.5) is 0 Å². The molecule has 0 radical (unpaired) electrons. The van der Waals surface area contributed by atoms with E-state index in [9.17, 15) is 10.2 Å². The Morgan fingerprint density at radius 1 is 0.839 bits per heavy atom. The van der Waals surface area contributed by atoms with Gasteiger partial charge in [0.05, 0.1) is 13.2 Å². The minimum atomic E-state index is -1.01. The van der Waals surface area contributed by atoms with Crippen molar-refractivity contribution in [1.29, 1.82) is 0 Å². The highest BCUT2D eigenvalue weighted by Crippen LogP contribution is 2.21. The number of aliphatic hydroxyl groups excluding tert-OH is 3. The van der Waals surface area contributed by atoms with Crippen LogP contribution in [0, 0.1) is 0 Å². The molecule has 5 nitrogen and oxygen atoms in total. The van der Waals surface area contributed by atoms with Gasteiger partial charge in [0.15, 0.2) is 0 Å². The Bertz CT molecular complexity index is 415. The van der Waals surface area contributed by atoms with Crippen LogP contribution in [0.15, 0.2) is 12.2 Å². The summed E-state index contributed by atoms with van der Waals surface area (Å²) in [5.74, 6) is 0. The molecule has 4 atom stereocenters. The molecule has 0 aromatic heterocycles. The Kier molecular flexibility index (Phi) is 18.6. The van der Waals surface area contributed by atoms with Gasteiger partial charge in [-0.2, -0.15) is 0 Å². The average Bonchev–Trinajstić information content (AvgIpc) is 3.15. The molecule has 0 bridgehead atoms. The van der Waals surface area contributed by atoms with Crippen molar-refractivity contribution in [3.05, 3.63) is 12.2 Å². The van der Waals surface area contributed by atoms with E-state index in [4.69, 9.17) is 14.6 Å². The topological polar surface area (TPSA) is 79.2 Å². The molecular weight excluding hydrogens is 392 g/mol. The first kappa shape index (κ1) is 28.6. The summed E-state index contributed by atoms with van der Waals surface area (Å²) < 4.78 is 11.0. The fourth-order valence-corrected chi connectivity index (χ4v) is 4.18. The molecule has 1 heterocycles. The van der Waals surface area contributed by atoms with Crippen LogP contribution in [0.3, 0.4) is 0 Å². The number of unbranched alkanes of at least 4 members (excludes halogenated alkanes) is 14. The van der Waals surface area contributed by atoms with Crippen LogP contribution < -0.4 is 0 Å². The predicted molar refractivity (Wildman–Crippen MR) is 127 cm³/mol. The van der Waals surface area contributed by atoms with Gasteiger partial charge in [0.25, 0.3) is 0 Å². The molecular formula is C26H50O5. The molecule has 0 aromatic rings. The Morgan fingerprint density at radius 2 is 1.35 bits per heavy atom. The van der Waals surface area contributed by atoms with Gasteiger partial charge in [-0.1, -0.05) is 89.7 Å². The maximum absolute atomic E-state index is 9.90. The zero-order valence-corrected chi connectivity index (χ0v) is 20.1. The highest BCUT2D eigenvalue weighted by atomic mass is 16.6. The highest BCUT2D eigenvalue weighted by molar-refractivity contribution is 4.89. The van der Waals surface area contributed by atoms with E-state index in [-0.39, 0.29) is 13.2 Å². The summed E-state index contributed by atoms with van der Waals surface area (Å²) in [7, 11) is 0. The van der Waals surface area contributed by atoms with E-state index in [1.165, 1.54) is 83.5 Å². The van der Waals surface area contributed by atoms with Crippen molar-refractivity contribution in [2.45, 2.75) is 134 Å². The van der Waals surface area contributed by atoms with Gasteiger partial charge in [0, 0.05) is 6.61 Å². The van der Waals surface area contributed by atoms with Crippen LogP contribution in [0.1, 0.15) is 110 Å². The highest BCUT2D eigenvalue weighted by Gasteiger charge is 2.40. The molecule has 0 aliphatic carbocycles. The lowest BCUT2D eigenvalue weighted by Gasteiger charge is -2.23. The molecule has 1 aliphatic rings. The Morgan fingerprint density at radius 3 is 1.90 bits per heavy atom. The minimum Gasteiger partial charge on any atom is -0.394 e. The maximum atomic E-state index is 9.90. The standard InChI is InChI=1S/C26H50O5/c1-2-3-4-5-6-7-8-9-10-11-12-13-14-15-16-17-18-19-20-30-26-24(29)22-31-25(26)23(28)21-27/h13-14,23-29H,2-12,15-22H2,1H3/b14-13+/t23-,24+,25-,26-/m0/s1. The first-order valence-corrected chi connectivity index (χ1v) is 13.1. The van der Waals surface area contributed by atoms with Crippen molar-refractivity contribution in [2.75, 3.05) is 19.8 Å². The van der Waals surface area contributed by atoms with Crippen molar-refractivity contribution in [1.82, 2.24) is 0 Å². The van der Waals surface area contributed by atoms with Crippen LogP contribution >= 0.6 is 0 Å². The molecule has 0 saturated carbocycles. The number of aliphatic hydroxyl groups is 3. The molecule has 1 rings (SSSR count). The van der Waals surface area contributed by atoms with Crippen LogP contribution in [0.2, 0.25) is 0 Å². The van der Waals surface area contributed by atoms with Gasteiger partial charge in [-0.25, -0.2) is 0 Å². The second-order valence-electron chi connectivity index (χ2n) is 9.10. The third kappa shape index (κ3) is 14.3. The normalized spacial score (nSPS) is 22.5. The molecule has 5 heteroatoms. The fraction of sp³-hybridized carbons (Fsp3) is 0.923. The molecule has 31 heavy (non-hydrogen) atoms. The molecule has 0 aromatic carbocycles. The SMILES string of the molecule is CCCCCCCCCCCC/C=C/CCCCCCO[C@@H]1[C@H]([C@@H](O)CO)OC[C@H]1O. The molecule has 184 valence electrons. The van der Waals surface area contributed by atoms with E-state index >= 15 is 0 Å². The summed E-state index contributed by atoms with van der Waals surface area (Å²) in [6, 6.07) is 0. The Hall–Kier alpha value is -0.460. The first-order valence-electron chi connectivity index (χ1n) is 13.1. The third-order valence-corrected chi connectivity index (χ3v) is 6.20. The average molecular weight is 443 g/mol. The number of allylic oxidation sites excluding steroid dienone is 2. The third-order valence-electron chi connectivity index (χ3n) is 6.20. The van der Waals surface area contributed by atoms with Crippen LogP contribution in [0.5, 0.6) is 0 Å². The summed E-state index contributed by atoms with van der Waals surface area (Å²) in [5, 5.41) is 28.7. The molecule has 1 fully saturated rings. The van der Waals surface area contributed by atoms with Crippen molar-refractivity contribution in [3.63, 3.8) is 0 Å². The zero-order valence-electron chi connectivity index (χ0n) is 20.1. The molecule has 1 saturated heterocycles. The van der Waals surface area contributed by atoms with E-state index in [1.807, 2.05) is 0 Å². The maximum Gasteiger partial charge on any atom is 0.114 e. The van der Waals surface area contributed by atoms with Crippen LogP contribution in [-0.2, 0) is 9.47 Å². The number of ether oxygens (including phenoxy) is 2. The largest absolute Gasteiger partial charge is 0.394 e. The smallest absolute Gasteiger partial charge is 0.114 e. The second-order valence-corrected chi connectivity index (χ2v) is 9.10. The summed E-state index contributed by atoms with van der Waals surface area (Å²) in [5.41, 5.74) is 0. The van der Waals surface area contributed by atoms with Gasteiger partial charge in [0.2, 0.25) is 0 Å². The van der Waals surface area contributed by atoms with E-state index in [2.05, 4.69) is 19.1 Å². The molecule has 0 unspecified atom stereocenters. The van der Waals surface area contributed by atoms with Crippen molar-refractivity contribution >= 4 is 0 Å². The van der Waals surface area contributed by atoms with Crippen LogP contribution in [0.25, 0.3) is 0 Å². The summed E-state index contributed by atoms with van der Waals surface area (Å²) in [6.45, 7) is 2.59. The van der Waals surface area contributed by atoms with Crippen molar-refractivity contribution in [3.8, 4) is 0 Å². The molecule has 3 N–H and O–H groups in total. The minimum absolute atomic E-state index is 0.151. The lowest BCUT2D eigenvalue weighted by Crippen LogP contribution is -2.42. The Labute approximate surface area is 191 Å². The first-order chi connectivity index (χ1) is 15.2.